The number of carbonyl (C=O) groups is 2. The molecule has 2 aliphatic heterocycles. The summed E-state index contributed by atoms with van der Waals surface area (Å²) >= 11 is 0. The molecule has 4 rings (SSSR count). The maximum absolute atomic E-state index is 12.5. The van der Waals surface area contributed by atoms with Crippen molar-refractivity contribution < 1.29 is 19.4 Å². The lowest BCUT2D eigenvalue weighted by Crippen LogP contribution is -2.50. The normalized spacial score (nSPS) is 27.3. The number of carbonyl (C=O) groups excluding carboxylic acids is 2. The van der Waals surface area contributed by atoms with Crippen LogP contribution in [-0.4, -0.2) is 34.5 Å². The Bertz CT molecular complexity index is 834. The maximum atomic E-state index is 12.5. The third-order valence-corrected chi connectivity index (χ3v) is 8.26. The molecule has 2 amide bonds. The molecular formula is C27H39NO4. The van der Waals surface area contributed by atoms with Gasteiger partial charge in [-0.05, 0) is 61.1 Å². The molecule has 0 radical (unpaired) electrons. The third kappa shape index (κ3) is 4.53. The van der Waals surface area contributed by atoms with Gasteiger partial charge in [-0.1, -0.05) is 46.5 Å². The number of fused-ring (bicyclic) bond motifs is 3. The monoisotopic (exact) mass is 441 g/mol. The van der Waals surface area contributed by atoms with Crippen molar-refractivity contribution in [3.05, 3.63) is 23.3 Å². The number of piperidine rings is 1. The zero-order valence-corrected chi connectivity index (χ0v) is 19.9. The molecule has 0 spiro atoms. The summed E-state index contributed by atoms with van der Waals surface area (Å²) < 4.78 is 6.16. The molecule has 5 unspecified atom stereocenters. The fourth-order valence-corrected chi connectivity index (χ4v) is 6.06. The number of imide groups is 1. The van der Waals surface area contributed by atoms with Crippen LogP contribution in [-0.2, 0) is 9.59 Å². The van der Waals surface area contributed by atoms with E-state index in [2.05, 4.69) is 26.8 Å². The molecule has 3 aliphatic rings. The van der Waals surface area contributed by atoms with Gasteiger partial charge in [-0.3, -0.25) is 14.5 Å². The Morgan fingerprint density at radius 3 is 2.59 bits per heavy atom. The second kappa shape index (κ2) is 9.84. The zero-order chi connectivity index (χ0) is 22.8. The molecule has 2 fully saturated rings. The first-order valence-corrected chi connectivity index (χ1v) is 12.7. The molecule has 1 aromatic rings. The van der Waals surface area contributed by atoms with Crippen LogP contribution in [0.15, 0.2) is 12.1 Å². The molecule has 5 nitrogen and oxygen atoms in total. The van der Waals surface area contributed by atoms with E-state index in [1.807, 2.05) is 6.07 Å². The molecule has 176 valence electrons. The lowest BCUT2D eigenvalue weighted by Gasteiger charge is -2.44. The van der Waals surface area contributed by atoms with Gasteiger partial charge in [0.15, 0.2) is 0 Å². The minimum Gasteiger partial charge on any atom is -0.508 e. The lowest BCUT2D eigenvalue weighted by atomic mass is 9.71. The number of hydrogen-bond donors (Lipinski definition) is 1. The Morgan fingerprint density at radius 2 is 1.88 bits per heavy atom. The molecule has 32 heavy (non-hydrogen) atoms. The number of rotatable bonds is 7. The van der Waals surface area contributed by atoms with E-state index in [1.165, 1.54) is 25.7 Å². The van der Waals surface area contributed by atoms with Crippen LogP contribution in [0.5, 0.6) is 11.5 Å². The molecule has 1 saturated heterocycles. The molecule has 1 N–H and O–H groups in total. The van der Waals surface area contributed by atoms with Crippen molar-refractivity contribution in [3.63, 3.8) is 0 Å². The smallest absolute Gasteiger partial charge is 0.229 e. The summed E-state index contributed by atoms with van der Waals surface area (Å²) in [6.07, 6.45) is 9.02. The lowest BCUT2D eigenvalue weighted by molar-refractivity contribution is -0.152. The van der Waals surface area contributed by atoms with Crippen molar-refractivity contribution in [2.45, 2.75) is 103 Å². The molecule has 1 saturated carbocycles. The fourth-order valence-electron chi connectivity index (χ4n) is 6.06. The van der Waals surface area contributed by atoms with Crippen molar-refractivity contribution in [2.75, 3.05) is 6.61 Å². The van der Waals surface area contributed by atoms with Crippen molar-refractivity contribution in [1.82, 2.24) is 4.90 Å². The van der Waals surface area contributed by atoms with Crippen molar-refractivity contribution in [1.29, 1.82) is 0 Å². The first kappa shape index (κ1) is 23.1. The zero-order valence-electron chi connectivity index (χ0n) is 19.9. The number of nitrogens with zero attached hydrogens (tertiary/aromatic N) is 1. The van der Waals surface area contributed by atoms with Crippen molar-refractivity contribution in [3.8, 4) is 11.5 Å². The van der Waals surface area contributed by atoms with Crippen LogP contribution in [0.2, 0.25) is 0 Å². The Balaban J connectivity index is 1.54. The van der Waals surface area contributed by atoms with Gasteiger partial charge in [0, 0.05) is 30.4 Å². The Hall–Kier alpha value is -2.04. The molecule has 1 aliphatic carbocycles. The van der Waals surface area contributed by atoms with Crippen molar-refractivity contribution in [2.24, 2.45) is 11.8 Å². The second-order valence-electron chi connectivity index (χ2n) is 10.4. The topological polar surface area (TPSA) is 66.8 Å². The van der Waals surface area contributed by atoms with E-state index in [-0.39, 0.29) is 23.8 Å². The summed E-state index contributed by atoms with van der Waals surface area (Å²) in [5.41, 5.74) is 2.02. The van der Waals surface area contributed by atoms with E-state index in [1.54, 1.807) is 4.90 Å². The van der Waals surface area contributed by atoms with E-state index in [4.69, 9.17) is 4.74 Å². The van der Waals surface area contributed by atoms with Gasteiger partial charge in [0.1, 0.15) is 11.5 Å². The number of aromatic hydroxyl groups is 1. The molecule has 0 bridgehead atoms. The summed E-state index contributed by atoms with van der Waals surface area (Å²) in [4.78, 5) is 26.5. The highest BCUT2D eigenvalue weighted by Gasteiger charge is 2.43. The molecule has 5 atom stereocenters. The van der Waals surface area contributed by atoms with Crippen LogP contribution >= 0.6 is 0 Å². The van der Waals surface area contributed by atoms with Crippen LogP contribution in [0.25, 0.3) is 0 Å². The number of amides is 2. The van der Waals surface area contributed by atoms with Gasteiger partial charge in [-0.25, -0.2) is 0 Å². The number of phenols is 1. The summed E-state index contributed by atoms with van der Waals surface area (Å²) in [5.74, 6) is 2.42. The fraction of sp³-hybridized carbons (Fsp3) is 0.704. The van der Waals surface area contributed by atoms with E-state index < -0.39 is 0 Å². The highest BCUT2D eigenvalue weighted by Crippen LogP contribution is 2.51. The second-order valence-corrected chi connectivity index (χ2v) is 10.4. The van der Waals surface area contributed by atoms with E-state index in [0.29, 0.717) is 49.4 Å². The van der Waals surface area contributed by atoms with Crippen molar-refractivity contribution >= 4 is 11.8 Å². The minimum absolute atomic E-state index is 0.0255. The van der Waals surface area contributed by atoms with Gasteiger partial charge in [-0.15, -0.1) is 0 Å². The van der Waals surface area contributed by atoms with Gasteiger partial charge < -0.3 is 9.84 Å². The van der Waals surface area contributed by atoms with Gasteiger partial charge in [0.25, 0.3) is 0 Å². The Morgan fingerprint density at radius 1 is 1.12 bits per heavy atom. The van der Waals surface area contributed by atoms with Crippen LogP contribution in [0.4, 0.5) is 0 Å². The number of benzene rings is 1. The number of unbranched alkanes of at least 4 members (excludes halogenated alkanes) is 2. The predicted octanol–water partition coefficient (Wildman–Crippen LogP) is 5.90. The third-order valence-electron chi connectivity index (χ3n) is 8.26. The first-order chi connectivity index (χ1) is 15.4. The highest BCUT2D eigenvalue weighted by atomic mass is 16.5. The number of likely N-dealkylation sites (tertiary alicyclic amines) is 1. The van der Waals surface area contributed by atoms with Crippen LogP contribution in [0.1, 0.15) is 108 Å². The average molecular weight is 442 g/mol. The van der Waals surface area contributed by atoms with Gasteiger partial charge in [0.2, 0.25) is 11.8 Å². The van der Waals surface area contributed by atoms with E-state index in [0.717, 1.165) is 36.1 Å². The summed E-state index contributed by atoms with van der Waals surface area (Å²) in [6, 6.07) is 4.01. The predicted molar refractivity (Wildman–Crippen MR) is 125 cm³/mol. The van der Waals surface area contributed by atoms with Crippen LogP contribution < -0.4 is 4.74 Å². The van der Waals surface area contributed by atoms with E-state index in [9.17, 15) is 14.7 Å². The maximum Gasteiger partial charge on any atom is 0.229 e. The highest BCUT2D eigenvalue weighted by molar-refractivity contribution is 5.97. The quantitative estimate of drug-likeness (QED) is 0.423. The first-order valence-electron chi connectivity index (χ1n) is 12.7. The standard InChI is InChI=1S/C27H39NO4/c1-4-5-6-8-17(2)18(3)20-13-23(29)27-22-15-21(28-25(30)9-7-10-26(28)31)12-11-19(22)16-32-24(27)14-20/h13-14,17-19,21-22,29H,4-12,15-16H2,1-3H3. The van der Waals surface area contributed by atoms with Gasteiger partial charge in [-0.2, -0.15) is 0 Å². The Kier molecular flexibility index (Phi) is 7.11. The minimum atomic E-state index is -0.0564. The van der Waals surface area contributed by atoms with Crippen LogP contribution in [0.3, 0.4) is 0 Å². The summed E-state index contributed by atoms with van der Waals surface area (Å²) in [5, 5.41) is 11.1. The SMILES string of the molecule is CCCCCC(C)C(C)c1cc(O)c2c(c1)OCC1CCC(N3C(=O)CCCC3=O)CC21. The number of phenolic OH excluding ortho intramolecular Hbond substituents is 1. The van der Waals surface area contributed by atoms with Crippen LogP contribution in [0, 0.1) is 11.8 Å². The molecule has 1 aromatic carbocycles. The van der Waals surface area contributed by atoms with Gasteiger partial charge in [0.05, 0.1) is 6.61 Å². The molecule has 5 heteroatoms. The molecule has 2 heterocycles. The largest absolute Gasteiger partial charge is 0.508 e. The molecule has 0 aromatic heterocycles. The van der Waals surface area contributed by atoms with E-state index >= 15 is 0 Å². The average Bonchev–Trinajstić information content (AvgIpc) is 2.78. The number of hydrogen-bond acceptors (Lipinski definition) is 4. The summed E-state index contributed by atoms with van der Waals surface area (Å²) in [7, 11) is 0. The Labute approximate surface area is 192 Å². The number of ether oxygens (including phenoxy) is 1. The van der Waals surface area contributed by atoms with Gasteiger partial charge >= 0.3 is 0 Å². The molecular weight excluding hydrogens is 402 g/mol. The summed E-state index contributed by atoms with van der Waals surface area (Å²) in [6.45, 7) is 7.42.